The van der Waals surface area contributed by atoms with E-state index in [0.717, 1.165) is 0 Å². The van der Waals surface area contributed by atoms with Crippen molar-refractivity contribution in [3.05, 3.63) is 101 Å². The molecular formula is C32H25F6OPS. The number of hydrogen-bond acceptors (Lipinski definition) is 2. The molecule has 1 nitrogen and oxygen atoms in total. The van der Waals surface area contributed by atoms with Gasteiger partial charge in [-0.1, -0.05) is 93.1 Å². The minimum Gasteiger partial charge on any atom is -0.313 e. The molecule has 3 aromatic rings. The molecule has 2 aliphatic carbocycles. The largest absolute Gasteiger partial charge is 0.380 e. The van der Waals surface area contributed by atoms with Crippen molar-refractivity contribution in [2.75, 3.05) is 0 Å². The van der Waals surface area contributed by atoms with Gasteiger partial charge in [-0.15, -0.1) is 11.8 Å². The first-order valence-electron chi connectivity index (χ1n) is 13.6. The van der Waals surface area contributed by atoms with E-state index in [-0.39, 0.29) is 40.4 Å². The Morgan fingerprint density at radius 1 is 0.683 bits per heavy atom. The Balaban J connectivity index is 1.80. The quantitative estimate of drug-likeness (QED) is 0.219. The van der Waals surface area contributed by atoms with Gasteiger partial charge in [0.05, 0.1) is 9.90 Å². The van der Waals surface area contributed by atoms with Gasteiger partial charge in [-0.3, -0.25) is 0 Å². The summed E-state index contributed by atoms with van der Waals surface area (Å²) >= 11 is 1.21. The maximum absolute atomic E-state index is 16.2. The zero-order valence-corrected chi connectivity index (χ0v) is 23.9. The first-order valence-corrected chi connectivity index (χ1v) is 16.1. The highest BCUT2D eigenvalue weighted by Crippen LogP contribution is 2.84. The molecule has 0 radical (unpaired) electrons. The highest BCUT2D eigenvalue weighted by Gasteiger charge is 2.86. The molecule has 2 aliphatic heterocycles. The van der Waals surface area contributed by atoms with Crippen molar-refractivity contribution < 1.29 is 30.9 Å². The molecule has 2 heterocycles. The molecule has 1 saturated carbocycles. The lowest BCUT2D eigenvalue weighted by Gasteiger charge is -2.54. The van der Waals surface area contributed by atoms with E-state index in [4.69, 9.17) is 0 Å². The first-order chi connectivity index (χ1) is 19.4. The number of thioether (sulfide) groups is 1. The second-order valence-electron chi connectivity index (χ2n) is 11.1. The summed E-state index contributed by atoms with van der Waals surface area (Å²) in [5.74, 6) is -16.0. The predicted molar refractivity (Wildman–Crippen MR) is 151 cm³/mol. The van der Waals surface area contributed by atoms with E-state index < -0.39 is 46.0 Å². The molecule has 1 fully saturated rings. The molecule has 9 heteroatoms. The van der Waals surface area contributed by atoms with Crippen LogP contribution in [0.5, 0.6) is 0 Å². The molecule has 0 bridgehead atoms. The van der Waals surface area contributed by atoms with Crippen molar-refractivity contribution in [2.45, 2.75) is 65.7 Å². The highest BCUT2D eigenvalue weighted by molar-refractivity contribution is 8.02. The maximum Gasteiger partial charge on any atom is 0.380 e. The van der Waals surface area contributed by atoms with Crippen LogP contribution in [0.3, 0.4) is 0 Å². The molecule has 3 aromatic carbocycles. The van der Waals surface area contributed by atoms with Gasteiger partial charge in [-0.2, -0.15) is 26.3 Å². The van der Waals surface area contributed by atoms with Crippen LogP contribution < -0.4 is 10.6 Å². The van der Waals surface area contributed by atoms with E-state index in [1.807, 2.05) is 6.92 Å². The van der Waals surface area contributed by atoms with Crippen molar-refractivity contribution in [1.82, 2.24) is 0 Å². The number of fused-ring (bicyclic) bond motifs is 8. The van der Waals surface area contributed by atoms with Crippen LogP contribution in [0.4, 0.5) is 26.3 Å². The number of alkyl halides is 6. The summed E-state index contributed by atoms with van der Waals surface area (Å²) in [5.41, 5.74) is -2.85. The smallest absolute Gasteiger partial charge is 0.313 e. The molecule has 41 heavy (non-hydrogen) atoms. The molecule has 3 atom stereocenters. The third-order valence-electron chi connectivity index (χ3n) is 9.37. The molecule has 0 spiro atoms. The summed E-state index contributed by atoms with van der Waals surface area (Å²) in [6.45, 7) is 3.57. The number of allylic oxidation sites excluding steroid dienone is 3. The average Bonchev–Trinajstić information content (AvgIpc) is 3.46. The summed E-state index contributed by atoms with van der Waals surface area (Å²) < 4.78 is 110. The number of benzene rings is 3. The van der Waals surface area contributed by atoms with Gasteiger partial charge in [0.1, 0.15) is 0 Å². The van der Waals surface area contributed by atoms with E-state index in [9.17, 15) is 0 Å². The van der Waals surface area contributed by atoms with Crippen LogP contribution in [0.15, 0.2) is 94.9 Å². The lowest BCUT2D eigenvalue weighted by atomic mass is 9.64. The molecule has 0 unspecified atom stereocenters. The minimum absolute atomic E-state index is 0.0749. The summed E-state index contributed by atoms with van der Waals surface area (Å²) in [7, 11) is -4.00. The zero-order chi connectivity index (χ0) is 29.2. The summed E-state index contributed by atoms with van der Waals surface area (Å²) in [6.07, 6.45) is 0.548. The molecule has 0 N–H and O–H groups in total. The zero-order valence-electron chi connectivity index (χ0n) is 22.2. The van der Waals surface area contributed by atoms with Gasteiger partial charge in [0.2, 0.25) is 0 Å². The van der Waals surface area contributed by atoms with Crippen molar-refractivity contribution in [2.24, 2.45) is 0 Å². The Hall–Kier alpha value is -2.70. The monoisotopic (exact) mass is 602 g/mol. The Labute approximate surface area is 238 Å². The van der Waals surface area contributed by atoms with E-state index in [0.29, 0.717) is 16.6 Å². The number of halogens is 6. The van der Waals surface area contributed by atoms with Gasteiger partial charge in [-0.05, 0) is 41.2 Å². The first kappa shape index (κ1) is 27.2. The second-order valence-corrected chi connectivity index (χ2v) is 15.4. The lowest BCUT2D eigenvalue weighted by molar-refractivity contribution is -0.257. The van der Waals surface area contributed by atoms with Gasteiger partial charge in [0.25, 0.3) is 0 Å². The van der Waals surface area contributed by atoms with E-state index in [1.54, 1.807) is 73.7 Å². The van der Waals surface area contributed by atoms with Crippen LogP contribution in [0.1, 0.15) is 44.2 Å². The molecular weight excluding hydrogens is 577 g/mol. The van der Waals surface area contributed by atoms with Crippen LogP contribution in [0.25, 0.3) is 11.1 Å². The standard InChI is InChI=1S/C32H25F6OPS/c1-3-18-28-24(20-14-8-10-16-22(20)40(28,39)19-12-6-5-7-13-19)26-27(31(35,36)32(37,38)30(26,33)34)25-21-15-9-11-17-23(21)41-29(25,28)4-2/h5-17H,3-4,18H2,1-2H3/t28-,29-,40+/m0/s1. The predicted octanol–water partition coefficient (Wildman–Crippen LogP) is 8.95. The topological polar surface area (TPSA) is 17.1 Å². The highest BCUT2D eigenvalue weighted by atomic mass is 32.2. The van der Waals surface area contributed by atoms with Crippen LogP contribution in [-0.4, -0.2) is 27.7 Å². The summed E-state index contributed by atoms with van der Waals surface area (Å²) in [4.78, 5) is 0.526. The fourth-order valence-electron chi connectivity index (χ4n) is 7.96. The fraction of sp³-hybridized carbons (Fsp3) is 0.312. The van der Waals surface area contributed by atoms with Gasteiger partial charge < -0.3 is 4.57 Å². The number of hydrogen-bond donors (Lipinski definition) is 0. The van der Waals surface area contributed by atoms with E-state index in [2.05, 4.69) is 0 Å². The molecule has 212 valence electrons. The Morgan fingerprint density at radius 2 is 1.24 bits per heavy atom. The Kier molecular flexibility index (Phi) is 5.45. The van der Waals surface area contributed by atoms with Crippen molar-refractivity contribution in [3.63, 3.8) is 0 Å². The Morgan fingerprint density at radius 3 is 1.88 bits per heavy atom. The van der Waals surface area contributed by atoms with Crippen molar-refractivity contribution in [3.8, 4) is 0 Å². The van der Waals surface area contributed by atoms with Gasteiger partial charge in [0.15, 0.2) is 7.14 Å². The molecule has 0 aromatic heterocycles. The van der Waals surface area contributed by atoms with Gasteiger partial charge in [0, 0.05) is 26.7 Å². The van der Waals surface area contributed by atoms with E-state index in [1.165, 1.54) is 23.9 Å². The van der Waals surface area contributed by atoms with Crippen molar-refractivity contribution >= 4 is 40.7 Å². The minimum atomic E-state index is -5.68. The van der Waals surface area contributed by atoms with Crippen LogP contribution in [-0.2, 0) is 4.57 Å². The van der Waals surface area contributed by atoms with Crippen LogP contribution >= 0.6 is 18.9 Å². The second kappa shape index (κ2) is 8.23. The van der Waals surface area contributed by atoms with Gasteiger partial charge in [-0.25, -0.2) is 0 Å². The van der Waals surface area contributed by atoms with E-state index >= 15 is 30.9 Å². The normalized spacial score (nSPS) is 31.4. The summed E-state index contributed by atoms with van der Waals surface area (Å²) in [5, 5.41) is -1.04. The maximum atomic E-state index is 16.2. The third kappa shape index (κ3) is 2.70. The summed E-state index contributed by atoms with van der Waals surface area (Å²) in [6, 6.07) is 21.3. The average molecular weight is 603 g/mol. The molecule has 7 rings (SSSR count). The fourth-order valence-corrected chi connectivity index (χ4v) is 14.5. The van der Waals surface area contributed by atoms with Crippen LogP contribution in [0.2, 0.25) is 0 Å². The molecule has 0 amide bonds. The van der Waals surface area contributed by atoms with Crippen molar-refractivity contribution in [1.29, 1.82) is 0 Å². The number of rotatable bonds is 4. The van der Waals surface area contributed by atoms with Crippen LogP contribution in [0, 0.1) is 0 Å². The lowest BCUT2D eigenvalue weighted by Crippen LogP contribution is -2.54. The third-order valence-corrected chi connectivity index (χ3v) is 15.3. The Bertz CT molecular complexity index is 1750. The molecule has 4 aliphatic rings. The van der Waals surface area contributed by atoms with Gasteiger partial charge >= 0.3 is 17.8 Å². The molecule has 0 saturated heterocycles. The SMILES string of the molecule is CCC[C@]12C(=C3C(=C4c5ccccc5S[C@@]41CC)C(F)(F)C(F)(F)C3(F)F)c1ccccc1[P@]2(=O)c1ccccc1.